The van der Waals surface area contributed by atoms with Crippen molar-refractivity contribution in [1.82, 2.24) is 5.32 Å². The highest BCUT2D eigenvalue weighted by Gasteiger charge is 2.33. The van der Waals surface area contributed by atoms with E-state index in [0.717, 1.165) is 12.1 Å². The molecular formula is C11H13F4NO. The van der Waals surface area contributed by atoms with E-state index in [4.69, 9.17) is 4.74 Å². The van der Waals surface area contributed by atoms with Gasteiger partial charge in [-0.2, -0.15) is 13.2 Å². The van der Waals surface area contributed by atoms with Gasteiger partial charge in [0.25, 0.3) is 0 Å². The van der Waals surface area contributed by atoms with Gasteiger partial charge in [-0.05, 0) is 25.2 Å². The highest BCUT2D eigenvalue weighted by atomic mass is 19.4. The minimum atomic E-state index is -4.33. The summed E-state index contributed by atoms with van der Waals surface area (Å²) in [5, 5.41) is 2.51. The molecule has 0 spiro atoms. The van der Waals surface area contributed by atoms with Gasteiger partial charge in [0, 0.05) is 11.6 Å². The summed E-state index contributed by atoms with van der Waals surface area (Å²) in [6.45, 7) is 0. The Morgan fingerprint density at radius 2 is 2.00 bits per heavy atom. The molecule has 2 nitrogen and oxygen atoms in total. The van der Waals surface area contributed by atoms with E-state index in [0.29, 0.717) is 0 Å². The quantitative estimate of drug-likeness (QED) is 0.830. The maximum absolute atomic E-state index is 13.0. The van der Waals surface area contributed by atoms with Crippen LogP contribution in [0.25, 0.3) is 0 Å². The van der Waals surface area contributed by atoms with Gasteiger partial charge in [0.1, 0.15) is 11.6 Å². The lowest BCUT2D eigenvalue weighted by molar-refractivity contribution is -0.140. The number of hydrogen-bond acceptors (Lipinski definition) is 2. The molecule has 1 rings (SSSR count). The Balaban J connectivity index is 3.06. The molecule has 0 aromatic heterocycles. The Labute approximate surface area is 96.6 Å². The number of halogens is 4. The number of nitrogens with one attached hydrogen (secondary N) is 1. The molecular weight excluding hydrogens is 238 g/mol. The summed E-state index contributed by atoms with van der Waals surface area (Å²) in [6, 6.07) is 2.47. The molecule has 0 aliphatic carbocycles. The van der Waals surface area contributed by atoms with Crippen LogP contribution >= 0.6 is 0 Å². The van der Waals surface area contributed by atoms with Crippen molar-refractivity contribution < 1.29 is 22.3 Å². The van der Waals surface area contributed by atoms with Gasteiger partial charge in [-0.3, -0.25) is 0 Å². The maximum atomic E-state index is 13.0. The van der Waals surface area contributed by atoms with Gasteiger partial charge in [0.15, 0.2) is 0 Å². The topological polar surface area (TPSA) is 21.3 Å². The fourth-order valence-corrected chi connectivity index (χ4v) is 1.58. The molecule has 1 atom stereocenters. The van der Waals surface area contributed by atoms with Crippen LogP contribution in [-0.4, -0.2) is 20.3 Å². The number of benzene rings is 1. The largest absolute Gasteiger partial charge is 0.496 e. The van der Waals surface area contributed by atoms with Crippen LogP contribution < -0.4 is 10.1 Å². The molecule has 17 heavy (non-hydrogen) atoms. The fourth-order valence-electron chi connectivity index (χ4n) is 1.58. The highest BCUT2D eigenvalue weighted by molar-refractivity contribution is 5.36. The second-order valence-corrected chi connectivity index (χ2v) is 3.55. The highest BCUT2D eigenvalue weighted by Crippen LogP contribution is 2.34. The molecule has 0 radical (unpaired) electrons. The molecule has 1 aromatic carbocycles. The minimum Gasteiger partial charge on any atom is -0.496 e. The summed E-state index contributed by atoms with van der Waals surface area (Å²) in [5.74, 6) is -0.363. The first kappa shape index (κ1) is 13.8. The summed E-state index contributed by atoms with van der Waals surface area (Å²) in [7, 11) is 2.72. The molecule has 0 bridgehead atoms. The monoisotopic (exact) mass is 251 g/mol. The molecule has 0 aliphatic heterocycles. The maximum Gasteiger partial charge on any atom is 0.390 e. The molecule has 0 fully saturated rings. The zero-order chi connectivity index (χ0) is 13.1. The van der Waals surface area contributed by atoms with Gasteiger partial charge >= 0.3 is 6.18 Å². The Morgan fingerprint density at radius 1 is 1.35 bits per heavy atom. The van der Waals surface area contributed by atoms with Crippen molar-refractivity contribution in [2.75, 3.05) is 14.2 Å². The average Bonchev–Trinajstić information content (AvgIpc) is 2.24. The first-order valence-corrected chi connectivity index (χ1v) is 4.95. The van der Waals surface area contributed by atoms with Crippen LogP contribution in [0, 0.1) is 5.82 Å². The summed E-state index contributed by atoms with van der Waals surface area (Å²) >= 11 is 0. The van der Waals surface area contributed by atoms with Crippen LogP contribution in [0.4, 0.5) is 17.6 Å². The molecule has 0 saturated heterocycles. The molecule has 1 aromatic rings. The normalized spacial score (nSPS) is 13.5. The molecule has 6 heteroatoms. The third-order valence-corrected chi connectivity index (χ3v) is 2.35. The first-order valence-electron chi connectivity index (χ1n) is 4.95. The lowest BCUT2D eigenvalue weighted by Crippen LogP contribution is -2.24. The van der Waals surface area contributed by atoms with Gasteiger partial charge in [0.2, 0.25) is 0 Å². The van der Waals surface area contributed by atoms with Crippen LogP contribution in [0.5, 0.6) is 5.75 Å². The molecule has 0 aliphatic rings. The molecule has 0 amide bonds. The van der Waals surface area contributed by atoms with Crippen molar-refractivity contribution in [1.29, 1.82) is 0 Å². The van der Waals surface area contributed by atoms with Crippen molar-refractivity contribution in [2.45, 2.75) is 18.6 Å². The van der Waals surface area contributed by atoms with E-state index in [-0.39, 0.29) is 11.3 Å². The Hall–Kier alpha value is -1.30. The number of hydrogen-bond donors (Lipinski definition) is 1. The Kier molecular flexibility index (Phi) is 4.34. The smallest absolute Gasteiger partial charge is 0.390 e. The van der Waals surface area contributed by atoms with E-state index in [2.05, 4.69) is 5.32 Å². The Bertz CT molecular complexity index is 378. The van der Waals surface area contributed by atoms with Crippen LogP contribution in [0.2, 0.25) is 0 Å². The van der Waals surface area contributed by atoms with Crippen molar-refractivity contribution >= 4 is 0 Å². The SMILES string of the molecule is CNC(CC(F)(F)F)c1cc(F)ccc1OC. The third kappa shape index (κ3) is 3.89. The van der Waals surface area contributed by atoms with Crippen molar-refractivity contribution in [3.63, 3.8) is 0 Å². The van der Waals surface area contributed by atoms with Crippen molar-refractivity contribution in [3.8, 4) is 5.75 Å². The average molecular weight is 251 g/mol. The zero-order valence-electron chi connectivity index (χ0n) is 9.44. The molecule has 1 unspecified atom stereocenters. The predicted molar refractivity (Wildman–Crippen MR) is 55.4 cm³/mol. The van der Waals surface area contributed by atoms with Gasteiger partial charge < -0.3 is 10.1 Å². The summed E-state index contributed by atoms with van der Waals surface area (Å²) in [4.78, 5) is 0. The molecule has 1 N–H and O–H groups in total. The standard InChI is InChI=1S/C11H13F4NO/c1-16-9(6-11(13,14)15)8-5-7(12)3-4-10(8)17-2/h3-5,9,16H,6H2,1-2H3. The van der Waals surface area contributed by atoms with E-state index >= 15 is 0 Å². The van der Waals surface area contributed by atoms with Crippen LogP contribution in [-0.2, 0) is 0 Å². The predicted octanol–water partition coefficient (Wildman–Crippen LogP) is 3.05. The number of methoxy groups -OCH3 is 1. The third-order valence-electron chi connectivity index (χ3n) is 2.35. The van der Waals surface area contributed by atoms with Crippen LogP contribution in [0.3, 0.4) is 0 Å². The first-order chi connectivity index (χ1) is 7.87. The second kappa shape index (κ2) is 5.35. The molecule has 0 heterocycles. The number of alkyl halides is 3. The number of ether oxygens (including phenoxy) is 1. The lowest BCUT2D eigenvalue weighted by atomic mass is 10.0. The summed E-state index contributed by atoms with van der Waals surface area (Å²) < 4.78 is 55.0. The minimum absolute atomic E-state index is 0.160. The fraction of sp³-hybridized carbons (Fsp3) is 0.455. The van der Waals surface area contributed by atoms with E-state index in [1.165, 1.54) is 20.2 Å². The van der Waals surface area contributed by atoms with Gasteiger partial charge in [-0.15, -0.1) is 0 Å². The van der Waals surface area contributed by atoms with E-state index in [9.17, 15) is 17.6 Å². The van der Waals surface area contributed by atoms with Gasteiger partial charge in [0.05, 0.1) is 13.5 Å². The summed E-state index contributed by atoms with van der Waals surface area (Å²) in [5.41, 5.74) is 0.160. The lowest BCUT2D eigenvalue weighted by Gasteiger charge is -2.20. The van der Waals surface area contributed by atoms with Crippen molar-refractivity contribution in [3.05, 3.63) is 29.6 Å². The molecule has 96 valence electrons. The van der Waals surface area contributed by atoms with Crippen molar-refractivity contribution in [2.24, 2.45) is 0 Å². The number of rotatable bonds is 4. The van der Waals surface area contributed by atoms with Crippen LogP contribution in [0.15, 0.2) is 18.2 Å². The zero-order valence-corrected chi connectivity index (χ0v) is 9.44. The Morgan fingerprint density at radius 3 is 2.47 bits per heavy atom. The summed E-state index contributed by atoms with van der Waals surface area (Å²) in [6.07, 6.45) is -5.41. The van der Waals surface area contributed by atoms with Crippen LogP contribution in [0.1, 0.15) is 18.0 Å². The van der Waals surface area contributed by atoms with E-state index < -0.39 is 24.5 Å². The second-order valence-electron chi connectivity index (χ2n) is 3.55. The van der Waals surface area contributed by atoms with E-state index in [1.807, 2.05) is 0 Å². The van der Waals surface area contributed by atoms with Gasteiger partial charge in [-0.25, -0.2) is 4.39 Å². The molecule has 0 saturated carbocycles. The van der Waals surface area contributed by atoms with E-state index in [1.54, 1.807) is 0 Å². The van der Waals surface area contributed by atoms with Gasteiger partial charge in [-0.1, -0.05) is 0 Å².